The molecule has 0 amide bonds. The van der Waals surface area contributed by atoms with Gasteiger partial charge in [-0.3, -0.25) is 10.0 Å². The fourth-order valence-corrected chi connectivity index (χ4v) is 3.18. The topological polar surface area (TPSA) is 62.9 Å². The number of nitrogens with one attached hydrogen (secondary N) is 1. The minimum Gasteiger partial charge on any atom is -0.490 e. The first-order chi connectivity index (χ1) is 10.8. The maximum Gasteiger partial charge on any atom is 0.122 e. The van der Waals surface area contributed by atoms with Crippen molar-refractivity contribution in [3.63, 3.8) is 0 Å². The SMILES string of the molecule is Cl.Cl.NCCC(CC1CCc2ccccc2O1)NN1C=NCCC1. The van der Waals surface area contributed by atoms with Crippen LogP contribution >= 0.6 is 24.8 Å². The molecule has 0 bridgehead atoms. The van der Waals surface area contributed by atoms with Gasteiger partial charge in [-0.05, 0) is 43.9 Å². The number of aryl methyl sites for hydroxylation is 1. The highest BCUT2D eigenvalue weighted by Gasteiger charge is 2.23. The van der Waals surface area contributed by atoms with Gasteiger partial charge in [0, 0.05) is 25.6 Å². The van der Waals surface area contributed by atoms with Crippen LogP contribution in [0.4, 0.5) is 0 Å². The Hall–Kier alpha value is -1.01. The van der Waals surface area contributed by atoms with Crippen LogP contribution in [0, 0.1) is 0 Å². The highest BCUT2D eigenvalue weighted by atomic mass is 35.5. The van der Waals surface area contributed by atoms with Crippen LogP contribution in [0.2, 0.25) is 0 Å². The van der Waals surface area contributed by atoms with Crippen molar-refractivity contribution in [2.75, 3.05) is 19.6 Å². The minimum absolute atomic E-state index is 0. The monoisotopic (exact) mass is 374 g/mol. The minimum atomic E-state index is 0. The van der Waals surface area contributed by atoms with Gasteiger partial charge >= 0.3 is 0 Å². The summed E-state index contributed by atoms with van der Waals surface area (Å²) in [6.07, 6.45) is 7.38. The summed E-state index contributed by atoms with van der Waals surface area (Å²) in [5, 5.41) is 2.10. The first-order valence-electron chi connectivity index (χ1n) is 8.32. The van der Waals surface area contributed by atoms with Crippen molar-refractivity contribution in [1.82, 2.24) is 10.4 Å². The van der Waals surface area contributed by atoms with Gasteiger partial charge in [-0.1, -0.05) is 18.2 Å². The Morgan fingerprint density at radius 2 is 2.17 bits per heavy atom. The van der Waals surface area contributed by atoms with Gasteiger partial charge in [0.1, 0.15) is 11.9 Å². The molecule has 2 atom stereocenters. The molecule has 0 aliphatic carbocycles. The third-order valence-corrected chi connectivity index (χ3v) is 4.32. The molecule has 5 nitrogen and oxygen atoms in total. The number of fused-ring (bicyclic) bond motifs is 1. The van der Waals surface area contributed by atoms with Crippen LogP contribution in [0.1, 0.15) is 31.2 Å². The van der Waals surface area contributed by atoms with Crippen molar-refractivity contribution >= 4 is 31.2 Å². The van der Waals surface area contributed by atoms with Gasteiger partial charge in [0.25, 0.3) is 0 Å². The van der Waals surface area contributed by atoms with E-state index < -0.39 is 0 Å². The number of benzene rings is 1. The number of hydrogen-bond acceptors (Lipinski definition) is 5. The van der Waals surface area contributed by atoms with Crippen molar-refractivity contribution in [2.24, 2.45) is 10.7 Å². The molecule has 0 fully saturated rings. The summed E-state index contributed by atoms with van der Waals surface area (Å²) >= 11 is 0. The van der Waals surface area contributed by atoms with Crippen LogP contribution in [-0.4, -0.2) is 43.1 Å². The number of rotatable bonds is 6. The van der Waals surface area contributed by atoms with E-state index in [0.29, 0.717) is 12.6 Å². The average Bonchev–Trinajstić information content (AvgIpc) is 2.56. The van der Waals surface area contributed by atoms with Crippen LogP contribution in [0.5, 0.6) is 5.75 Å². The zero-order chi connectivity index (χ0) is 15.2. The fraction of sp³-hybridized carbons (Fsp3) is 0.588. The van der Waals surface area contributed by atoms with E-state index in [0.717, 1.165) is 50.9 Å². The Morgan fingerprint density at radius 3 is 2.92 bits per heavy atom. The number of nitrogens with two attached hydrogens (primary N) is 1. The number of aliphatic imine (C=N–C) groups is 1. The molecule has 2 heterocycles. The third kappa shape index (κ3) is 5.81. The lowest BCUT2D eigenvalue weighted by molar-refractivity contribution is 0.130. The van der Waals surface area contributed by atoms with E-state index in [4.69, 9.17) is 10.5 Å². The molecule has 1 aromatic rings. The van der Waals surface area contributed by atoms with Crippen molar-refractivity contribution < 1.29 is 4.74 Å². The van der Waals surface area contributed by atoms with E-state index in [1.54, 1.807) is 0 Å². The zero-order valence-corrected chi connectivity index (χ0v) is 15.5. The van der Waals surface area contributed by atoms with Crippen molar-refractivity contribution in [2.45, 2.75) is 44.2 Å². The van der Waals surface area contributed by atoms with E-state index in [9.17, 15) is 0 Å². The molecular formula is C17H28Cl2N4O. The molecule has 136 valence electrons. The summed E-state index contributed by atoms with van der Waals surface area (Å²) < 4.78 is 6.16. The Labute approximate surface area is 156 Å². The molecule has 1 aromatic carbocycles. The standard InChI is InChI=1S/C17H26N4O.2ClH/c18-9-8-15(20-21-11-3-10-19-13-21)12-16-7-6-14-4-1-2-5-17(14)22-16;;/h1-2,4-5,13,15-16,20H,3,6-12,18H2;2*1H. The maximum absolute atomic E-state index is 6.16. The molecule has 3 rings (SSSR count). The Morgan fingerprint density at radius 1 is 1.33 bits per heavy atom. The average molecular weight is 375 g/mol. The molecule has 2 unspecified atom stereocenters. The fourth-order valence-electron chi connectivity index (χ4n) is 3.18. The molecule has 0 radical (unpaired) electrons. The van der Waals surface area contributed by atoms with Crippen LogP contribution in [-0.2, 0) is 6.42 Å². The van der Waals surface area contributed by atoms with Gasteiger partial charge in [0.15, 0.2) is 0 Å². The smallest absolute Gasteiger partial charge is 0.122 e. The van der Waals surface area contributed by atoms with Crippen LogP contribution < -0.4 is 15.9 Å². The van der Waals surface area contributed by atoms with Crippen LogP contribution in [0.3, 0.4) is 0 Å². The van der Waals surface area contributed by atoms with E-state index in [-0.39, 0.29) is 30.9 Å². The zero-order valence-electron chi connectivity index (χ0n) is 13.9. The number of ether oxygens (including phenoxy) is 1. The molecule has 7 heteroatoms. The summed E-state index contributed by atoms with van der Waals surface area (Å²) in [4.78, 5) is 4.32. The second-order valence-corrected chi connectivity index (χ2v) is 6.09. The largest absolute Gasteiger partial charge is 0.490 e. The van der Waals surface area contributed by atoms with E-state index in [2.05, 4.69) is 33.6 Å². The molecule has 0 saturated heterocycles. The number of hydrogen-bond donors (Lipinski definition) is 2. The third-order valence-electron chi connectivity index (χ3n) is 4.32. The Kier molecular flexibility index (Phi) is 9.44. The summed E-state index contributed by atoms with van der Waals surface area (Å²) in [5.74, 6) is 1.05. The van der Waals surface area contributed by atoms with Crippen molar-refractivity contribution in [3.8, 4) is 5.75 Å². The van der Waals surface area contributed by atoms with E-state index in [1.165, 1.54) is 5.56 Å². The molecule has 2 aliphatic rings. The number of halogens is 2. The van der Waals surface area contributed by atoms with Gasteiger partial charge in [-0.15, -0.1) is 24.8 Å². The van der Waals surface area contributed by atoms with Crippen LogP contribution in [0.25, 0.3) is 0 Å². The van der Waals surface area contributed by atoms with Crippen molar-refractivity contribution in [1.29, 1.82) is 0 Å². The summed E-state index contributed by atoms with van der Waals surface area (Å²) in [6, 6.07) is 8.69. The van der Waals surface area contributed by atoms with E-state index in [1.807, 2.05) is 12.4 Å². The van der Waals surface area contributed by atoms with Crippen LogP contribution in [0.15, 0.2) is 29.3 Å². The first-order valence-corrected chi connectivity index (χ1v) is 8.32. The summed E-state index contributed by atoms with van der Waals surface area (Å²) in [7, 11) is 0. The van der Waals surface area contributed by atoms with Gasteiger partial charge in [-0.2, -0.15) is 0 Å². The highest BCUT2D eigenvalue weighted by Crippen LogP contribution is 2.28. The lowest BCUT2D eigenvalue weighted by Gasteiger charge is -2.33. The predicted octanol–water partition coefficient (Wildman–Crippen LogP) is 2.57. The first kappa shape index (κ1) is 21.0. The molecular weight excluding hydrogens is 347 g/mol. The molecule has 3 N–H and O–H groups in total. The lowest BCUT2D eigenvalue weighted by atomic mass is 9.97. The molecule has 2 aliphatic heterocycles. The molecule has 24 heavy (non-hydrogen) atoms. The van der Waals surface area contributed by atoms with E-state index >= 15 is 0 Å². The molecule has 0 aromatic heterocycles. The highest BCUT2D eigenvalue weighted by molar-refractivity contribution is 5.85. The lowest BCUT2D eigenvalue weighted by Crippen LogP contribution is -2.48. The van der Waals surface area contributed by atoms with Gasteiger partial charge in [0.05, 0.1) is 6.34 Å². The second kappa shape index (κ2) is 10.8. The molecule has 0 spiro atoms. The number of hydrazine groups is 1. The van der Waals surface area contributed by atoms with Crippen molar-refractivity contribution in [3.05, 3.63) is 29.8 Å². The summed E-state index contributed by atoms with van der Waals surface area (Å²) in [5.41, 5.74) is 10.7. The van der Waals surface area contributed by atoms with Gasteiger partial charge in [0.2, 0.25) is 0 Å². The Bertz CT molecular complexity index is 515. The Balaban J connectivity index is 0.00000144. The predicted molar refractivity (Wildman–Crippen MR) is 104 cm³/mol. The van der Waals surface area contributed by atoms with Gasteiger partial charge in [-0.25, -0.2) is 5.43 Å². The summed E-state index contributed by atoms with van der Waals surface area (Å²) in [6.45, 7) is 2.63. The molecule has 0 saturated carbocycles. The van der Waals surface area contributed by atoms with Gasteiger partial charge < -0.3 is 10.5 Å². The normalized spacial score (nSPS) is 20.2. The number of nitrogens with zero attached hydrogens (tertiary/aromatic N) is 2. The quantitative estimate of drug-likeness (QED) is 0.802. The maximum atomic E-state index is 6.16. The number of para-hydroxylation sites is 1. The second-order valence-electron chi connectivity index (χ2n) is 6.09.